The van der Waals surface area contributed by atoms with Gasteiger partial charge >= 0.3 is 0 Å². The molecule has 0 atom stereocenters. The molecule has 8 heteroatoms. The highest BCUT2D eigenvalue weighted by atomic mass is 16.2. The van der Waals surface area contributed by atoms with Gasteiger partial charge in [0.15, 0.2) is 0 Å². The third-order valence-corrected chi connectivity index (χ3v) is 5.21. The summed E-state index contributed by atoms with van der Waals surface area (Å²) < 4.78 is 0. The molecule has 2 aromatic carbocycles. The fourth-order valence-corrected chi connectivity index (χ4v) is 3.70. The normalized spacial score (nSPS) is 16.2. The molecule has 1 aliphatic rings. The number of amides is 1. The lowest BCUT2D eigenvalue weighted by molar-refractivity contribution is -0.122. The molecule has 3 aromatic rings. The van der Waals surface area contributed by atoms with E-state index in [1.807, 2.05) is 55.6 Å². The number of carbonyl (C=O) groups is 1. The van der Waals surface area contributed by atoms with Crippen molar-refractivity contribution in [2.45, 2.75) is 25.8 Å². The van der Waals surface area contributed by atoms with E-state index in [4.69, 9.17) is 0 Å². The van der Waals surface area contributed by atoms with E-state index < -0.39 is 0 Å². The second-order valence-electron chi connectivity index (χ2n) is 7.58. The number of benzene rings is 2. The maximum atomic E-state index is 12.1. The van der Waals surface area contributed by atoms with Gasteiger partial charge in [-0.1, -0.05) is 62.4 Å². The van der Waals surface area contributed by atoms with E-state index in [9.17, 15) is 4.79 Å². The van der Waals surface area contributed by atoms with Gasteiger partial charge in [-0.2, -0.15) is 9.90 Å². The molecule has 0 unspecified atom stereocenters. The van der Waals surface area contributed by atoms with Crippen molar-refractivity contribution in [1.29, 1.82) is 0 Å². The Balaban J connectivity index is 1.37. The number of tetrazole rings is 1. The van der Waals surface area contributed by atoms with E-state index in [-0.39, 0.29) is 17.9 Å². The minimum absolute atomic E-state index is 0.0649. The van der Waals surface area contributed by atoms with Gasteiger partial charge in [-0.25, -0.2) is 5.43 Å². The first-order valence-electron chi connectivity index (χ1n) is 9.66. The zero-order valence-corrected chi connectivity index (χ0v) is 17.1. The first-order chi connectivity index (χ1) is 14.5. The molecule has 0 spiro atoms. The first kappa shape index (κ1) is 19.5. The number of nitrogens with one attached hydrogen (secondary N) is 1. The molecule has 1 aliphatic heterocycles. The molecule has 30 heavy (non-hydrogen) atoms. The van der Waals surface area contributed by atoms with Crippen LogP contribution in [0.5, 0.6) is 0 Å². The third-order valence-electron chi connectivity index (χ3n) is 5.21. The molecule has 0 aliphatic carbocycles. The lowest BCUT2D eigenvalue weighted by Gasteiger charge is -2.23. The molecule has 1 N–H and O–H groups in total. The summed E-state index contributed by atoms with van der Waals surface area (Å²) in [6.45, 7) is 4.28. The van der Waals surface area contributed by atoms with Crippen LogP contribution in [-0.4, -0.2) is 39.4 Å². The maximum absolute atomic E-state index is 12.1. The van der Waals surface area contributed by atoms with Crippen molar-refractivity contribution in [2.75, 3.05) is 11.9 Å². The standard InChI is InChI=1S/C22H23N7O/c1-22(2)17-11-7-8-12-18(17)28(3)19(22)13-14-23-24-20(30)15-29-26-21(25-27-29)16-9-5-4-6-10-16/h4-14H,15H2,1-3H3,(H,24,30)/b19-13-,23-14+. The van der Waals surface area contributed by atoms with Crippen LogP contribution in [0.4, 0.5) is 5.69 Å². The molecule has 0 radical (unpaired) electrons. The SMILES string of the molecule is CN1/C(=C\C=N\NC(=O)Cn2nnc(-c3ccccc3)n2)C(C)(C)c2ccccc21. The molecule has 1 aromatic heterocycles. The number of nitrogens with zero attached hydrogens (tertiary/aromatic N) is 6. The topological polar surface area (TPSA) is 88.3 Å². The van der Waals surface area contributed by atoms with Gasteiger partial charge in [-0.05, 0) is 22.9 Å². The lowest BCUT2D eigenvalue weighted by Crippen LogP contribution is -2.25. The summed E-state index contributed by atoms with van der Waals surface area (Å²) in [6, 6.07) is 17.8. The number of anilines is 1. The Morgan fingerprint density at radius 1 is 1.13 bits per heavy atom. The molecule has 4 rings (SSSR count). The number of hydrogen-bond acceptors (Lipinski definition) is 6. The highest BCUT2D eigenvalue weighted by Gasteiger charge is 2.37. The van der Waals surface area contributed by atoms with Crippen molar-refractivity contribution in [3.05, 3.63) is 71.9 Å². The quantitative estimate of drug-likeness (QED) is 0.525. The minimum atomic E-state index is -0.330. The molecule has 152 valence electrons. The van der Waals surface area contributed by atoms with Crippen LogP contribution in [0.2, 0.25) is 0 Å². The van der Waals surface area contributed by atoms with Crippen molar-refractivity contribution in [2.24, 2.45) is 5.10 Å². The van der Waals surface area contributed by atoms with Crippen LogP contribution < -0.4 is 10.3 Å². The number of hydrazone groups is 1. The van der Waals surface area contributed by atoms with Gasteiger partial charge in [-0.15, -0.1) is 10.2 Å². The van der Waals surface area contributed by atoms with Crippen LogP contribution in [0.3, 0.4) is 0 Å². The summed E-state index contributed by atoms with van der Waals surface area (Å²) in [4.78, 5) is 15.5. The first-order valence-corrected chi connectivity index (χ1v) is 9.66. The molecule has 0 bridgehead atoms. The third kappa shape index (κ3) is 3.71. The fraction of sp³-hybridized carbons (Fsp3) is 0.227. The molecular formula is C22H23N7O. The number of likely N-dealkylation sites (N-methyl/N-ethyl adjacent to an activating group) is 1. The van der Waals surface area contributed by atoms with E-state index in [0.29, 0.717) is 5.82 Å². The zero-order valence-electron chi connectivity index (χ0n) is 17.1. The summed E-state index contributed by atoms with van der Waals surface area (Å²) in [5, 5.41) is 16.2. The zero-order chi connectivity index (χ0) is 21.1. The van der Waals surface area contributed by atoms with Crippen LogP contribution >= 0.6 is 0 Å². The summed E-state index contributed by atoms with van der Waals surface area (Å²) in [5.74, 6) is 0.145. The van der Waals surface area contributed by atoms with Crippen LogP contribution in [0.15, 0.2) is 71.5 Å². The van der Waals surface area contributed by atoms with E-state index in [2.05, 4.69) is 56.8 Å². The van der Waals surface area contributed by atoms with Crippen molar-refractivity contribution in [3.63, 3.8) is 0 Å². The summed E-state index contributed by atoms with van der Waals surface area (Å²) in [5.41, 5.74) is 6.76. The molecule has 2 heterocycles. The number of allylic oxidation sites excluding steroid dienone is 2. The number of carbonyl (C=O) groups excluding carboxylic acids is 1. The summed E-state index contributed by atoms with van der Waals surface area (Å²) in [6.07, 6.45) is 3.52. The Bertz CT molecular complexity index is 1120. The Kier molecular flexibility index (Phi) is 5.14. The number of aromatic nitrogens is 4. The van der Waals surface area contributed by atoms with Gasteiger partial charge in [0.1, 0.15) is 6.54 Å². The van der Waals surface area contributed by atoms with E-state index in [1.54, 1.807) is 6.21 Å². The van der Waals surface area contributed by atoms with E-state index >= 15 is 0 Å². The molecule has 1 amide bonds. The highest BCUT2D eigenvalue weighted by molar-refractivity contribution is 5.81. The second kappa shape index (κ2) is 7.90. The predicted molar refractivity (Wildman–Crippen MR) is 116 cm³/mol. The van der Waals surface area contributed by atoms with Crippen molar-refractivity contribution >= 4 is 17.8 Å². The Labute approximate surface area is 174 Å². The number of hydrogen-bond donors (Lipinski definition) is 1. The smallest absolute Gasteiger partial charge is 0.263 e. The van der Waals surface area contributed by atoms with Gasteiger partial charge in [0.2, 0.25) is 5.82 Å². The van der Waals surface area contributed by atoms with Gasteiger partial charge in [-0.3, -0.25) is 4.79 Å². The lowest BCUT2D eigenvalue weighted by atomic mass is 9.84. The fourth-order valence-electron chi connectivity index (χ4n) is 3.70. The Hall–Kier alpha value is -3.81. The van der Waals surface area contributed by atoms with Crippen LogP contribution in [0, 0.1) is 0 Å². The number of para-hydroxylation sites is 1. The number of rotatable bonds is 5. The van der Waals surface area contributed by atoms with Crippen molar-refractivity contribution < 1.29 is 4.79 Å². The molecule has 0 fully saturated rings. The van der Waals surface area contributed by atoms with Crippen LogP contribution in [-0.2, 0) is 16.8 Å². The molecule has 8 nitrogen and oxygen atoms in total. The summed E-state index contributed by atoms with van der Waals surface area (Å²) in [7, 11) is 2.03. The Morgan fingerprint density at radius 2 is 1.87 bits per heavy atom. The maximum Gasteiger partial charge on any atom is 0.263 e. The average molecular weight is 401 g/mol. The predicted octanol–water partition coefficient (Wildman–Crippen LogP) is 2.75. The highest BCUT2D eigenvalue weighted by Crippen LogP contribution is 2.46. The van der Waals surface area contributed by atoms with Crippen molar-refractivity contribution in [3.8, 4) is 11.4 Å². The average Bonchev–Trinajstić information content (AvgIpc) is 3.28. The van der Waals surface area contributed by atoms with E-state index in [0.717, 1.165) is 11.3 Å². The van der Waals surface area contributed by atoms with Gasteiger partial charge < -0.3 is 4.90 Å². The minimum Gasteiger partial charge on any atom is -0.347 e. The molecule has 0 saturated carbocycles. The van der Waals surface area contributed by atoms with Crippen LogP contribution in [0.1, 0.15) is 19.4 Å². The molecular weight excluding hydrogens is 378 g/mol. The monoisotopic (exact) mass is 401 g/mol. The van der Waals surface area contributed by atoms with E-state index in [1.165, 1.54) is 16.0 Å². The number of fused-ring (bicyclic) bond motifs is 1. The largest absolute Gasteiger partial charge is 0.347 e. The Morgan fingerprint density at radius 3 is 2.63 bits per heavy atom. The van der Waals surface area contributed by atoms with Gasteiger partial charge in [0.25, 0.3) is 5.91 Å². The molecule has 0 saturated heterocycles. The van der Waals surface area contributed by atoms with Crippen LogP contribution in [0.25, 0.3) is 11.4 Å². The van der Waals surface area contributed by atoms with Gasteiger partial charge in [0.05, 0.1) is 0 Å². The van der Waals surface area contributed by atoms with Gasteiger partial charge in [0, 0.05) is 35.6 Å². The van der Waals surface area contributed by atoms with Crippen molar-refractivity contribution in [1.82, 2.24) is 25.6 Å². The summed E-state index contributed by atoms with van der Waals surface area (Å²) >= 11 is 0. The second-order valence-corrected chi connectivity index (χ2v) is 7.58.